The molecule has 1 aliphatic heterocycles. The van der Waals surface area contributed by atoms with Gasteiger partial charge in [0.2, 0.25) is 0 Å². The highest BCUT2D eigenvalue weighted by atomic mass is 31.2. The Morgan fingerprint density at radius 3 is 1.82 bits per heavy atom. The quantitative estimate of drug-likeness (QED) is 0.0486. The van der Waals surface area contributed by atoms with Crippen LogP contribution in [0.25, 0.3) is 10.9 Å². The molecule has 4 aromatic carbocycles. The summed E-state index contributed by atoms with van der Waals surface area (Å²) in [5.74, 6) is 0.788. The van der Waals surface area contributed by atoms with E-state index >= 15 is 4.79 Å². The van der Waals surface area contributed by atoms with E-state index in [0.717, 1.165) is 58.8 Å². The van der Waals surface area contributed by atoms with E-state index in [2.05, 4.69) is 10.2 Å². The van der Waals surface area contributed by atoms with Crippen LogP contribution < -0.4 is 10.5 Å². The lowest BCUT2D eigenvalue weighted by Crippen LogP contribution is -2.50. The lowest BCUT2D eigenvalue weighted by molar-refractivity contribution is -0.0408. The maximum absolute atomic E-state index is 15.2. The fourth-order valence-electron chi connectivity index (χ4n) is 7.08. The zero-order valence-electron chi connectivity index (χ0n) is 32.2. The van der Waals surface area contributed by atoms with E-state index in [1.54, 1.807) is 21.9 Å². The van der Waals surface area contributed by atoms with Crippen molar-refractivity contribution in [2.75, 3.05) is 25.3 Å². The molecule has 6 rings (SSSR count). The summed E-state index contributed by atoms with van der Waals surface area (Å²) in [4.78, 5) is 18.5. The zero-order chi connectivity index (χ0) is 39.5. The molecular weight excluding hydrogens is 729 g/mol. The molecule has 1 aromatic heterocycles. The highest BCUT2D eigenvalue weighted by molar-refractivity contribution is 7.53. The Hall–Kier alpha value is -4.71. The Bertz CT molecular complexity index is 2030. The van der Waals surface area contributed by atoms with Gasteiger partial charge in [-0.25, -0.2) is 4.79 Å². The van der Waals surface area contributed by atoms with E-state index in [1.807, 2.05) is 105 Å². The molecule has 0 saturated carbocycles. The van der Waals surface area contributed by atoms with Gasteiger partial charge < -0.3 is 39.5 Å². The second kappa shape index (κ2) is 19.4. The fraction of sp³-hybridized carbons (Fsp3) is 0.395. The lowest BCUT2D eigenvalue weighted by Gasteiger charge is -2.36. The van der Waals surface area contributed by atoms with E-state index in [0.29, 0.717) is 37.6 Å². The Morgan fingerprint density at radius 1 is 0.732 bits per heavy atom. The minimum absolute atomic E-state index is 0.0945. The van der Waals surface area contributed by atoms with Gasteiger partial charge in [-0.3, -0.25) is 9.66 Å². The number of carbonyl (C=O) groups excluding carboxylic acids is 1. The molecule has 13 heteroatoms. The van der Waals surface area contributed by atoms with Crippen LogP contribution in [0.5, 0.6) is 5.75 Å². The molecule has 1 fully saturated rings. The Morgan fingerprint density at radius 2 is 1.27 bits per heavy atom. The van der Waals surface area contributed by atoms with Crippen LogP contribution >= 0.6 is 7.60 Å². The third-order valence-electron chi connectivity index (χ3n) is 10.2. The molecule has 0 aliphatic carbocycles. The summed E-state index contributed by atoms with van der Waals surface area (Å²) in [7, 11) is -3.53. The highest BCUT2D eigenvalue weighted by Gasteiger charge is 2.46. The number of urea groups is 1. The summed E-state index contributed by atoms with van der Waals surface area (Å²) >= 11 is 0. The molecule has 4 atom stereocenters. The number of unbranched alkanes of at least 4 members (excludes halogenated alkanes) is 2. The van der Waals surface area contributed by atoms with E-state index in [1.165, 1.54) is 0 Å². The van der Waals surface area contributed by atoms with Crippen molar-refractivity contribution < 1.29 is 33.4 Å². The number of benzene rings is 4. The number of aromatic amines is 1. The molecule has 1 saturated heterocycles. The number of nitrogen functional groups attached to an aromatic ring is 1. The lowest BCUT2D eigenvalue weighted by atomic mass is 9.91. The first-order chi connectivity index (χ1) is 27.2. The number of H-pyrrole nitrogens is 1. The molecule has 0 spiro atoms. The zero-order valence-corrected chi connectivity index (χ0v) is 33.1. The third kappa shape index (κ3) is 10.4. The van der Waals surface area contributed by atoms with Crippen LogP contribution in [0.1, 0.15) is 61.8 Å². The van der Waals surface area contributed by atoms with Gasteiger partial charge in [0.25, 0.3) is 0 Å². The Balaban J connectivity index is 1.34. The van der Waals surface area contributed by atoms with Crippen LogP contribution in [0, 0.1) is 0 Å². The molecule has 2 amide bonds. The summed E-state index contributed by atoms with van der Waals surface area (Å²) in [6.07, 6.45) is 1.07. The second-order valence-corrected chi connectivity index (χ2v) is 16.4. The van der Waals surface area contributed by atoms with E-state index in [9.17, 15) is 14.8 Å². The molecular formula is C43H54N5O7P. The van der Waals surface area contributed by atoms with Crippen molar-refractivity contribution in [3.8, 4) is 5.75 Å². The van der Waals surface area contributed by atoms with Crippen molar-refractivity contribution >= 4 is 30.3 Å². The molecule has 1 aliphatic rings. The number of fused-ring (bicyclic) bond motifs is 1. The van der Waals surface area contributed by atoms with Gasteiger partial charge >= 0.3 is 13.6 Å². The smallest absolute Gasteiger partial charge is 0.367 e. The van der Waals surface area contributed by atoms with Gasteiger partial charge in [0.1, 0.15) is 18.0 Å². The van der Waals surface area contributed by atoms with Crippen molar-refractivity contribution in [3.05, 3.63) is 125 Å². The molecule has 5 aromatic rings. The number of carbonyl (C=O) groups is 1. The average Bonchev–Trinajstić information content (AvgIpc) is 3.57. The molecule has 2 heterocycles. The van der Waals surface area contributed by atoms with Crippen molar-refractivity contribution in [2.24, 2.45) is 0 Å². The summed E-state index contributed by atoms with van der Waals surface area (Å²) in [5.41, 5.74) is 10.3. The van der Waals surface area contributed by atoms with Crippen LogP contribution in [0.4, 0.5) is 10.6 Å². The van der Waals surface area contributed by atoms with Crippen LogP contribution in [0.2, 0.25) is 0 Å². The molecule has 0 bridgehead atoms. The SMILES string of the molecule is CCCCOP(=O)(COc1cccc(CN2C(=O)N(Cc3ccc4[nH]nc(N)c4c3)[C@H](Cc3ccccc3)[C@H](O)[C@@H](O)[C@H]2Cc2ccccc2)c1)OCCCC. The number of aromatic nitrogens is 2. The van der Waals surface area contributed by atoms with Gasteiger partial charge in [-0.2, -0.15) is 5.10 Å². The van der Waals surface area contributed by atoms with E-state index in [-0.39, 0.29) is 25.5 Å². The summed E-state index contributed by atoms with van der Waals surface area (Å²) in [6.45, 7) is 4.92. The maximum atomic E-state index is 15.2. The standard InChI is InChI=1S/C43H54N5O7P/c1-3-5-22-54-56(52,55-23-6-4-2)30-53-35-19-13-18-33(24-35)28-47-38(26-31-14-9-7-10-15-31)40(49)41(50)39(27-32-16-11-8-12-17-32)48(43(47)51)29-34-20-21-37-36(25-34)42(44)46-45-37/h7-21,24-25,38-41,49-50H,3-6,22-23,26-30H2,1-2H3,(H3,44,45,46)/t38-,39-,40+,41+/m1/s1. The first kappa shape index (κ1) is 40.9. The molecule has 0 radical (unpaired) electrons. The van der Waals surface area contributed by atoms with Crippen molar-refractivity contribution in [1.29, 1.82) is 0 Å². The molecule has 12 nitrogen and oxygen atoms in total. The molecule has 298 valence electrons. The first-order valence-electron chi connectivity index (χ1n) is 19.5. The summed E-state index contributed by atoms with van der Waals surface area (Å²) in [6, 6.07) is 30.3. The van der Waals surface area contributed by atoms with Crippen LogP contribution in [0.15, 0.2) is 103 Å². The van der Waals surface area contributed by atoms with Gasteiger partial charge in [0, 0.05) is 18.5 Å². The molecule has 0 unspecified atom stereocenters. The number of aliphatic hydroxyl groups excluding tert-OH is 2. The van der Waals surface area contributed by atoms with Gasteiger partial charge in [-0.05, 0) is 72.2 Å². The maximum Gasteiger partial charge on any atom is 0.367 e. The van der Waals surface area contributed by atoms with E-state index < -0.39 is 31.9 Å². The predicted octanol–water partition coefficient (Wildman–Crippen LogP) is 7.69. The summed E-state index contributed by atoms with van der Waals surface area (Å²) in [5, 5.41) is 32.1. The number of hydrogen-bond acceptors (Lipinski definition) is 9. The summed E-state index contributed by atoms with van der Waals surface area (Å²) < 4.78 is 31.2. The van der Waals surface area contributed by atoms with E-state index in [4.69, 9.17) is 19.5 Å². The fourth-order valence-corrected chi connectivity index (χ4v) is 8.43. The molecule has 56 heavy (non-hydrogen) atoms. The number of ether oxygens (including phenoxy) is 1. The van der Waals surface area contributed by atoms with Gasteiger partial charge in [0.05, 0.1) is 30.8 Å². The van der Waals surface area contributed by atoms with Crippen LogP contribution in [0.3, 0.4) is 0 Å². The van der Waals surface area contributed by atoms with Crippen molar-refractivity contribution in [2.45, 2.75) is 89.8 Å². The normalized spacial score (nSPS) is 19.0. The number of anilines is 1. The average molecular weight is 784 g/mol. The topological polar surface area (TPSA) is 163 Å². The predicted molar refractivity (Wildman–Crippen MR) is 218 cm³/mol. The largest absolute Gasteiger partial charge is 0.481 e. The number of amides is 2. The number of hydrogen-bond donors (Lipinski definition) is 4. The monoisotopic (exact) mass is 783 g/mol. The highest BCUT2D eigenvalue weighted by Crippen LogP contribution is 2.48. The minimum Gasteiger partial charge on any atom is -0.481 e. The van der Waals surface area contributed by atoms with Crippen molar-refractivity contribution in [3.63, 3.8) is 0 Å². The Labute approximate surface area is 329 Å². The van der Waals surface area contributed by atoms with Crippen LogP contribution in [-0.4, -0.2) is 80.1 Å². The van der Waals surface area contributed by atoms with Gasteiger partial charge in [0.15, 0.2) is 12.2 Å². The minimum atomic E-state index is -3.53. The number of nitrogens with zero attached hydrogens (tertiary/aromatic N) is 3. The number of nitrogens with two attached hydrogens (primary N) is 1. The van der Waals surface area contributed by atoms with Gasteiger partial charge in [-0.15, -0.1) is 0 Å². The van der Waals surface area contributed by atoms with Crippen molar-refractivity contribution in [1.82, 2.24) is 20.0 Å². The second-order valence-electron chi connectivity index (χ2n) is 14.4. The third-order valence-corrected chi connectivity index (χ3v) is 11.8. The molecule has 5 N–H and O–H groups in total. The number of rotatable bonds is 19. The van der Waals surface area contributed by atoms with Crippen LogP contribution in [-0.2, 0) is 39.5 Å². The first-order valence-corrected chi connectivity index (χ1v) is 21.2. The van der Waals surface area contributed by atoms with Gasteiger partial charge in [-0.1, -0.05) is 106 Å². The number of nitrogens with one attached hydrogen (secondary N) is 1. The number of aliphatic hydroxyl groups is 2. The Kier molecular flexibility index (Phi) is 14.2.